The monoisotopic (exact) mass is 257 g/mol. The van der Waals surface area contributed by atoms with E-state index in [1.807, 2.05) is 18.0 Å². The topological polar surface area (TPSA) is 12.5 Å². The molecule has 16 heavy (non-hydrogen) atoms. The fourth-order valence-corrected chi connectivity index (χ4v) is 3.14. The Morgan fingerprint density at radius 3 is 3.12 bits per heavy atom. The van der Waals surface area contributed by atoms with E-state index in [0.717, 1.165) is 37.6 Å². The van der Waals surface area contributed by atoms with Gasteiger partial charge in [0.15, 0.2) is 0 Å². The molecule has 1 aliphatic rings. The first kappa shape index (κ1) is 12.1. The Morgan fingerprint density at radius 2 is 2.38 bits per heavy atom. The second-order valence-corrected chi connectivity index (χ2v) is 5.27. The maximum Gasteiger partial charge on any atom is 0.123 e. The van der Waals surface area contributed by atoms with Gasteiger partial charge in [-0.25, -0.2) is 4.31 Å². The molecule has 4 heteroatoms. The normalized spacial score (nSPS) is 15.9. The molecule has 0 saturated carbocycles. The van der Waals surface area contributed by atoms with Gasteiger partial charge in [0, 0.05) is 29.4 Å². The summed E-state index contributed by atoms with van der Waals surface area (Å²) in [5.74, 6) is 1.75. The van der Waals surface area contributed by atoms with E-state index in [-0.39, 0.29) is 0 Å². The molecule has 0 bridgehead atoms. The van der Waals surface area contributed by atoms with Crippen LogP contribution in [0, 0.1) is 0 Å². The van der Waals surface area contributed by atoms with Gasteiger partial charge in [-0.05, 0) is 36.9 Å². The predicted molar refractivity (Wildman–Crippen MR) is 69.5 cm³/mol. The molecular formula is C12H16ClNOS. The van der Waals surface area contributed by atoms with E-state index < -0.39 is 0 Å². The van der Waals surface area contributed by atoms with Crippen LogP contribution in [0.25, 0.3) is 0 Å². The van der Waals surface area contributed by atoms with Crippen LogP contribution in [0.1, 0.15) is 12.0 Å². The van der Waals surface area contributed by atoms with Crippen LogP contribution in [0.15, 0.2) is 23.1 Å². The quantitative estimate of drug-likeness (QED) is 0.607. The van der Waals surface area contributed by atoms with Gasteiger partial charge >= 0.3 is 0 Å². The Kier molecular flexibility index (Phi) is 4.38. The van der Waals surface area contributed by atoms with E-state index in [0.29, 0.717) is 0 Å². The van der Waals surface area contributed by atoms with Gasteiger partial charge in [-0.3, -0.25) is 0 Å². The van der Waals surface area contributed by atoms with Crippen molar-refractivity contribution in [1.82, 2.24) is 4.31 Å². The molecule has 1 aromatic carbocycles. The standard InChI is InChI=1S/C12H16ClNOS/c1-15-11-4-2-5-12-10(11)6-9-14(16-12)8-3-7-13/h2,4-5H,3,6-9H2,1H3. The zero-order chi connectivity index (χ0) is 11.4. The molecule has 2 rings (SSSR count). The molecule has 0 radical (unpaired) electrons. The summed E-state index contributed by atoms with van der Waals surface area (Å²) in [6.45, 7) is 2.14. The average molecular weight is 258 g/mol. The summed E-state index contributed by atoms with van der Waals surface area (Å²) in [5, 5.41) is 0. The Bertz CT molecular complexity index is 359. The summed E-state index contributed by atoms with van der Waals surface area (Å²) in [5.41, 5.74) is 1.34. The molecule has 0 amide bonds. The molecule has 2 nitrogen and oxygen atoms in total. The van der Waals surface area contributed by atoms with Crippen molar-refractivity contribution in [3.8, 4) is 5.75 Å². The van der Waals surface area contributed by atoms with Crippen molar-refractivity contribution in [1.29, 1.82) is 0 Å². The highest BCUT2D eigenvalue weighted by Gasteiger charge is 2.19. The third-order valence-electron chi connectivity index (χ3n) is 2.69. The lowest BCUT2D eigenvalue weighted by atomic mass is 10.1. The number of fused-ring (bicyclic) bond motifs is 1. The Hall–Kier alpha value is -0.380. The molecule has 0 atom stereocenters. The number of halogens is 1. The third kappa shape index (κ3) is 2.65. The summed E-state index contributed by atoms with van der Waals surface area (Å²) in [7, 11) is 1.74. The molecule has 0 N–H and O–H groups in total. The molecule has 88 valence electrons. The minimum atomic E-state index is 0.738. The number of ether oxygens (including phenoxy) is 1. The number of hydrogen-bond acceptors (Lipinski definition) is 3. The van der Waals surface area contributed by atoms with E-state index in [9.17, 15) is 0 Å². The van der Waals surface area contributed by atoms with Gasteiger partial charge in [0.2, 0.25) is 0 Å². The van der Waals surface area contributed by atoms with Crippen LogP contribution in [0.3, 0.4) is 0 Å². The van der Waals surface area contributed by atoms with Gasteiger partial charge in [-0.2, -0.15) is 0 Å². The lowest BCUT2D eigenvalue weighted by molar-refractivity contribution is 0.399. The van der Waals surface area contributed by atoms with Crippen molar-refractivity contribution in [2.75, 3.05) is 26.1 Å². The lowest BCUT2D eigenvalue weighted by Crippen LogP contribution is -2.24. The number of benzene rings is 1. The van der Waals surface area contributed by atoms with Crippen LogP contribution in [0.5, 0.6) is 5.75 Å². The zero-order valence-corrected chi connectivity index (χ0v) is 11.0. The second-order valence-electron chi connectivity index (χ2n) is 3.75. The molecular weight excluding hydrogens is 242 g/mol. The molecule has 0 saturated heterocycles. The van der Waals surface area contributed by atoms with Gasteiger partial charge < -0.3 is 4.74 Å². The van der Waals surface area contributed by atoms with Crippen LogP contribution in [0.4, 0.5) is 0 Å². The van der Waals surface area contributed by atoms with Crippen molar-refractivity contribution in [3.05, 3.63) is 23.8 Å². The van der Waals surface area contributed by atoms with Crippen LogP contribution in [0.2, 0.25) is 0 Å². The zero-order valence-electron chi connectivity index (χ0n) is 9.41. The van der Waals surface area contributed by atoms with E-state index in [1.165, 1.54) is 10.5 Å². The highest BCUT2D eigenvalue weighted by Crippen LogP contribution is 2.36. The van der Waals surface area contributed by atoms with E-state index in [4.69, 9.17) is 16.3 Å². The summed E-state index contributed by atoms with van der Waals surface area (Å²) in [6, 6.07) is 6.25. The van der Waals surface area contributed by atoms with Crippen molar-refractivity contribution in [2.24, 2.45) is 0 Å². The highest BCUT2D eigenvalue weighted by atomic mass is 35.5. The first-order valence-corrected chi connectivity index (χ1v) is 6.80. The fourth-order valence-electron chi connectivity index (χ4n) is 1.88. The first-order chi connectivity index (χ1) is 7.85. The van der Waals surface area contributed by atoms with Gasteiger partial charge in [-0.15, -0.1) is 11.6 Å². The molecule has 0 aromatic heterocycles. The summed E-state index contributed by atoms with van der Waals surface area (Å²) in [4.78, 5) is 1.32. The van der Waals surface area contributed by atoms with Gasteiger partial charge in [-0.1, -0.05) is 6.07 Å². The molecule has 1 aromatic rings. The molecule has 1 aliphatic heterocycles. The fraction of sp³-hybridized carbons (Fsp3) is 0.500. The Morgan fingerprint density at radius 1 is 1.50 bits per heavy atom. The van der Waals surface area contributed by atoms with Crippen LogP contribution < -0.4 is 4.74 Å². The van der Waals surface area contributed by atoms with Crippen molar-refractivity contribution in [3.63, 3.8) is 0 Å². The number of methoxy groups -OCH3 is 1. The predicted octanol–water partition coefficient (Wildman–Crippen LogP) is 3.19. The highest BCUT2D eigenvalue weighted by molar-refractivity contribution is 7.97. The molecule has 0 aliphatic carbocycles. The summed E-state index contributed by atoms with van der Waals surface area (Å²) < 4.78 is 7.76. The molecule has 0 fully saturated rings. The Balaban J connectivity index is 2.09. The molecule has 0 spiro atoms. The van der Waals surface area contributed by atoms with Gasteiger partial charge in [0.25, 0.3) is 0 Å². The number of hydrogen-bond donors (Lipinski definition) is 0. The summed E-state index contributed by atoms with van der Waals surface area (Å²) in [6.07, 6.45) is 2.11. The smallest absolute Gasteiger partial charge is 0.123 e. The van der Waals surface area contributed by atoms with E-state index >= 15 is 0 Å². The first-order valence-electron chi connectivity index (χ1n) is 5.50. The van der Waals surface area contributed by atoms with E-state index in [2.05, 4.69) is 16.4 Å². The number of nitrogens with zero attached hydrogens (tertiary/aromatic N) is 1. The van der Waals surface area contributed by atoms with E-state index in [1.54, 1.807) is 7.11 Å². The maximum absolute atomic E-state index is 5.71. The SMILES string of the molecule is COc1cccc2c1CCN(CCCCl)S2. The largest absolute Gasteiger partial charge is 0.496 e. The van der Waals surface area contributed by atoms with Crippen LogP contribution in [-0.4, -0.2) is 30.4 Å². The third-order valence-corrected chi connectivity index (χ3v) is 4.16. The second kappa shape index (κ2) is 5.80. The van der Waals surface area contributed by atoms with Crippen LogP contribution in [-0.2, 0) is 6.42 Å². The van der Waals surface area contributed by atoms with Crippen molar-refractivity contribution in [2.45, 2.75) is 17.7 Å². The van der Waals surface area contributed by atoms with Crippen molar-refractivity contribution >= 4 is 23.5 Å². The number of alkyl halides is 1. The minimum Gasteiger partial charge on any atom is -0.496 e. The van der Waals surface area contributed by atoms with Crippen molar-refractivity contribution < 1.29 is 4.74 Å². The molecule has 0 unspecified atom stereocenters. The van der Waals surface area contributed by atoms with Gasteiger partial charge in [0.05, 0.1) is 7.11 Å². The van der Waals surface area contributed by atoms with Gasteiger partial charge in [0.1, 0.15) is 5.75 Å². The molecule has 1 heterocycles. The average Bonchev–Trinajstić information content (AvgIpc) is 2.35. The number of rotatable bonds is 4. The lowest BCUT2D eigenvalue weighted by Gasteiger charge is -2.28. The Labute approximate surface area is 106 Å². The minimum absolute atomic E-state index is 0.738. The maximum atomic E-state index is 5.71. The summed E-state index contributed by atoms with van der Waals surface area (Å²) >= 11 is 7.53. The van der Waals surface area contributed by atoms with Crippen LogP contribution >= 0.6 is 23.5 Å².